The number of rotatable bonds is 17. The molecule has 1 aliphatic carbocycles. The molecule has 3 unspecified atom stereocenters. The number of ether oxygens (including phenoxy) is 2. The molecule has 0 spiro atoms. The van der Waals surface area contributed by atoms with Crippen LogP contribution in [0.1, 0.15) is 114 Å². The van der Waals surface area contributed by atoms with E-state index in [9.17, 15) is 14.7 Å². The van der Waals surface area contributed by atoms with Crippen molar-refractivity contribution in [2.24, 2.45) is 5.41 Å². The van der Waals surface area contributed by atoms with E-state index in [-0.39, 0.29) is 31.7 Å². The van der Waals surface area contributed by atoms with Gasteiger partial charge in [-0.25, -0.2) is 14.8 Å². The Morgan fingerprint density at radius 2 is 1.64 bits per heavy atom. The van der Waals surface area contributed by atoms with Crippen LogP contribution in [0.2, 0.25) is 0 Å². The van der Waals surface area contributed by atoms with Crippen molar-refractivity contribution in [1.82, 2.24) is 34.8 Å². The largest absolute Gasteiger partial charge is 0.494 e. The van der Waals surface area contributed by atoms with E-state index in [0.29, 0.717) is 35.4 Å². The summed E-state index contributed by atoms with van der Waals surface area (Å²) in [6.07, 6.45) is 1.92. The number of amides is 2. The van der Waals surface area contributed by atoms with Crippen LogP contribution in [0.5, 0.6) is 0 Å². The molecular formula is C57H69BBrN7O8S. The van der Waals surface area contributed by atoms with Crippen molar-refractivity contribution in [3.05, 3.63) is 122 Å². The number of carboxylic acids is 1. The highest BCUT2D eigenvalue weighted by Gasteiger charge is 2.52. The number of hydrogen-bond acceptors (Lipinski definition) is 12. The molecule has 0 radical (unpaired) electrons. The Labute approximate surface area is 453 Å². The van der Waals surface area contributed by atoms with Gasteiger partial charge in [0.15, 0.2) is 0 Å². The number of aryl methyl sites for hydroxylation is 1. The number of alkyl carbamates (subject to hydrolysis) is 1. The van der Waals surface area contributed by atoms with E-state index in [0.717, 1.165) is 61.1 Å². The molecule has 2 aliphatic heterocycles. The van der Waals surface area contributed by atoms with Gasteiger partial charge in [-0.05, 0) is 148 Å². The Balaban J connectivity index is 1.08. The van der Waals surface area contributed by atoms with Crippen LogP contribution < -0.4 is 10.8 Å². The molecule has 2 fully saturated rings. The monoisotopic (exact) mass is 1100 g/mol. The first-order valence-electron chi connectivity index (χ1n) is 25.8. The number of carbonyl (C=O) groups excluding carboxylic acids is 2. The fourth-order valence-corrected chi connectivity index (χ4v) is 12.7. The van der Waals surface area contributed by atoms with Gasteiger partial charge in [0, 0.05) is 60.7 Å². The first-order valence-corrected chi connectivity index (χ1v) is 27.5. The Morgan fingerprint density at radius 3 is 2.24 bits per heavy atom. The third-order valence-corrected chi connectivity index (χ3v) is 17.3. The van der Waals surface area contributed by atoms with Crippen LogP contribution in [0, 0.1) is 5.41 Å². The standard InChI is InChI=1S/C57H69BBrN7O8S/c1-12-64-44-26-25-35(58-73-56(5,6)57(7,8)74-58)29-41(44)42(49(64)40-23-17-27-60-47(40)34(2)71-11)30-55(3,4)33-66-45(53(68)69)24-18-28-65(66)52(67)48(50(63(9)10)51-61-46(59)32-75-51)62-54(70)72-31-43-38-21-15-13-19-36(38)37-20-14-16-22-39(37)43/h13-17,19-23,25-27,29,32,34,43,45,48,50H,12,18,24,28,30-31,33H2,1-11H3,(H,62,70)(H,68,69)/t34?,45-,48?,50?/m0/s1. The van der Waals surface area contributed by atoms with Gasteiger partial charge in [0.2, 0.25) is 0 Å². The molecule has 0 bridgehead atoms. The van der Waals surface area contributed by atoms with Crippen LogP contribution in [-0.2, 0) is 41.3 Å². The third kappa shape index (κ3) is 10.6. The van der Waals surface area contributed by atoms with Gasteiger partial charge >= 0.3 is 19.2 Å². The number of nitrogens with zero attached hydrogens (tertiary/aromatic N) is 6. The first-order chi connectivity index (χ1) is 35.6. The molecule has 396 valence electrons. The van der Waals surface area contributed by atoms with E-state index >= 15 is 4.79 Å². The number of benzene rings is 3. The first kappa shape index (κ1) is 54.3. The lowest BCUT2D eigenvalue weighted by Crippen LogP contribution is -2.64. The zero-order chi connectivity index (χ0) is 53.7. The minimum absolute atomic E-state index is 0.0425. The summed E-state index contributed by atoms with van der Waals surface area (Å²) in [4.78, 5) is 55.0. The van der Waals surface area contributed by atoms with Gasteiger partial charge in [0.05, 0.1) is 34.7 Å². The van der Waals surface area contributed by atoms with Crippen molar-refractivity contribution in [2.75, 3.05) is 40.9 Å². The molecular weight excluding hydrogens is 1030 g/mol. The maximum atomic E-state index is 15.7. The molecule has 3 aromatic heterocycles. The number of likely N-dealkylation sites (N-methyl/N-ethyl adjacent to an activating group) is 1. The van der Waals surface area contributed by atoms with Crippen LogP contribution in [0.3, 0.4) is 0 Å². The zero-order valence-electron chi connectivity index (χ0n) is 44.8. The highest BCUT2D eigenvalue weighted by Crippen LogP contribution is 2.46. The number of halogens is 1. The smallest absolute Gasteiger partial charge is 0.480 e. The number of methoxy groups -OCH3 is 1. The number of aliphatic carboxylic acids is 1. The lowest BCUT2D eigenvalue weighted by atomic mass is 9.77. The maximum Gasteiger partial charge on any atom is 0.494 e. The Morgan fingerprint density at radius 1 is 0.987 bits per heavy atom. The lowest BCUT2D eigenvalue weighted by Gasteiger charge is -2.47. The molecule has 2 saturated heterocycles. The van der Waals surface area contributed by atoms with Crippen LogP contribution in [-0.4, -0.2) is 124 Å². The van der Waals surface area contributed by atoms with Gasteiger partial charge in [-0.3, -0.25) is 24.5 Å². The highest BCUT2D eigenvalue weighted by atomic mass is 79.9. The van der Waals surface area contributed by atoms with E-state index in [1.807, 2.05) is 89.3 Å². The molecule has 18 heteroatoms. The topological polar surface area (TPSA) is 161 Å². The van der Waals surface area contributed by atoms with Crippen LogP contribution in [0.15, 0.2) is 95.0 Å². The molecule has 0 saturated carbocycles. The van der Waals surface area contributed by atoms with Gasteiger partial charge < -0.3 is 33.8 Å². The Kier molecular flexibility index (Phi) is 15.6. The average molecular weight is 1100 g/mol. The van der Waals surface area contributed by atoms with Crippen molar-refractivity contribution in [2.45, 2.75) is 123 Å². The van der Waals surface area contributed by atoms with E-state index in [1.54, 1.807) is 23.3 Å². The van der Waals surface area contributed by atoms with E-state index in [2.05, 4.69) is 95.1 Å². The van der Waals surface area contributed by atoms with Crippen molar-refractivity contribution < 1.29 is 38.3 Å². The van der Waals surface area contributed by atoms with E-state index in [4.69, 9.17) is 28.8 Å². The van der Waals surface area contributed by atoms with Gasteiger partial charge in [-0.2, -0.15) is 0 Å². The molecule has 2 N–H and O–H groups in total. The normalized spacial score (nSPS) is 18.8. The molecule has 4 atom stereocenters. The summed E-state index contributed by atoms with van der Waals surface area (Å²) in [5, 5.41) is 20.7. The van der Waals surface area contributed by atoms with Gasteiger partial charge in [0.1, 0.15) is 28.3 Å². The van der Waals surface area contributed by atoms with Crippen molar-refractivity contribution >= 4 is 68.7 Å². The number of hydrazine groups is 1. The minimum Gasteiger partial charge on any atom is -0.480 e. The summed E-state index contributed by atoms with van der Waals surface area (Å²) in [7, 11) is 4.74. The second kappa shape index (κ2) is 21.5. The number of fused-ring (bicyclic) bond motifs is 4. The molecule has 3 aliphatic rings. The van der Waals surface area contributed by atoms with E-state index < -0.39 is 59.8 Å². The summed E-state index contributed by atoms with van der Waals surface area (Å²) in [5.74, 6) is -1.72. The number of hydrogen-bond donors (Lipinski definition) is 2. The number of pyridine rings is 1. The fraction of sp³-hybridized carbons (Fsp3) is 0.456. The summed E-state index contributed by atoms with van der Waals surface area (Å²) in [5.41, 5.74) is 8.17. The number of carbonyl (C=O) groups is 3. The third-order valence-electron chi connectivity index (χ3n) is 15.7. The van der Waals surface area contributed by atoms with Crippen LogP contribution in [0.4, 0.5) is 4.79 Å². The SMILES string of the molecule is CCn1c(-c2cccnc2C(C)OC)c(CC(C)(C)CN2[C@H](C(=O)O)CCCN2C(=O)C(NC(=O)OCC2c3ccccc3-c3ccccc32)C(c2nc(Br)cs2)N(C)C)c2cc(B3OC(C)(C)C(C)(C)O3)ccc21. The number of aromatic nitrogens is 3. The highest BCUT2D eigenvalue weighted by molar-refractivity contribution is 9.10. The predicted octanol–water partition coefficient (Wildman–Crippen LogP) is 10.0. The second-order valence-corrected chi connectivity index (χ2v) is 23.7. The fourth-order valence-electron chi connectivity index (χ4n) is 11.2. The Bertz CT molecular complexity index is 3040. The van der Waals surface area contributed by atoms with Gasteiger partial charge in [-0.1, -0.05) is 74.5 Å². The molecule has 6 aromatic rings. The van der Waals surface area contributed by atoms with E-state index in [1.165, 1.54) is 11.3 Å². The predicted molar refractivity (Wildman–Crippen MR) is 297 cm³/mol. The lowest BCUT2D eigenvalue weighted by molar-refractivity contribution is -0.178. The van der Waals surface area contributed by atoms with Crippen LogP contribution in [0.25, 0.3) is 33.3 Å². The average Bonchev–Trinajstić information content (AvgIpc) is 4.11. The zero-order valence-corrected chi connectivity index (χ0v) is 47.3. The van der Waals surface area contributed by atoms with Crippen molar-refractivity contribution in [1.29, 1.82) is 0 Å². The number of carboxylic acid groups (broad SMARTS) is 1. The number of nitrogens with one attached hydrogen (secondary N) is 1. The van der Waals surface area contributed by atoms with Crippen molar-refractivity contribution in [3.8, 4) is 22.4 Å². The molecule has 5 heterocycles. The molecule has 15 nitrogen and oxygen atoms in total. The van der Waals surface area contributed by atoms with Crippen molar-refractivity contribution in [3.63, 3.8) is 0 Å². The second-order valence-electron chi connectivity index (χ2n) is 22.0. The maximum absolute atomic E-state index is 15.7. The molecule has 3 aromatic carbocycles. The molecule has 9 rings (SSSR count). The summed E-state index contributed by atoms with van der Waals surface area (Å²) >= 11 is 4.87. The minimum atomic E-state index is -1.24. The summed E-state index contributed by atoms with van der Waals surface area (Å²) in [6, 6.07) is 23.6. The molecule has 75 heavy (non-hydrogen) atoms. The summed E-state index contributed by atoms with van der Waals surface area (Å²) < 4.78 is 28.1. The Hall–Kier alpha value is -5.47. The number of thiazole rings is 1. The quantitative estimate of drug-likeness (QED) is 0.0834. The molecule has 2 amide bonds. The summed E-state index contributed by atoms with van der Waals surface area (Å²) in [6.45, 7) is 17.6. The van der Waals surface area contributed by atoms with Gasteiger partial charge in [0.25, 0.3) is 5.91 Å². The van der Waals surface area contributed by atoms with Crippen LogP contribution >= 0.6 is 27.3 Å². The van der Waals surface area contributed by atoms with Gasteiger partial charge in [-0.15, -0.1) is 11.3 Å².